The lowest BCUT2D eigenvalue weighted by atomic mass is 10.1. The number of hydrogen-bond acceptors (Lipinski definition) is 4. The Morgan fingerprint density at radius 3 is 2.57 bits per heavy atom. The summed E-state index contributed by atoms with van der Waals surface area (Å²) in [4.78, 5) is 12.5. The van der Waals surface area contributed by atoms with Gasteiger partial charge in [-0.05, 0) is 49.2 Å². The predicted molar refractivity (Wildman–Crippen MR) is 112 cm³/mol. The Labute approximate surface area is 174 Å². The van der Waals surface area contributed by atoms with Crippen LogP contribution in [0.25, 0.3) is 6.08 Å². The number of nitriles is 1. The number of benzene rings is 2. The van der Waals surface area contributed by atoms with Crippen LogP contribution in [-0.2, 0) is 4.79 Å². The molecule has 0 unspecified atom stereocenters. The van der Waals surface area contributed by atoms with E-state index in [-0.39, 0.29) is 5.57 Å². The van der Waals surface area contributed by atoms with E-state index in [1.54, 1.807) is 36.4 Å². The molecule has 1 N–H and O–H groups in total. The Hall–Kier alpha value is -2.68. The summed E-state index contributed by atoms with van der Waals surface area (Å²) in [5.74, 6) is 0.330. The minimum Gasteiger partial charge on any atom is -0.490 e. The lowest BCUT2D eigenvalue weighted by molar-refractivity contribution is -0.112. The number of hydrogen-bond donors (Lipinski definition) is 1. The molecule has 0 heterocycles. The van der Waals surface area contributed by atoms with E-state index in [2.05, 4.69) is 5.32 Å². The molecule has 0 atom stereocenters. The summed E-state index contributed by atoms with van der Waals surface area (Å²) in [6, 6.07) is 12.0. The molecule has 0 aromatic heterocycles. The van der Waals surface area contributed by atoms with Crippen molar-refractivity contribution in [2.75, 3.05) is 18.5 Å². The van der Waals surface area contributed by atoms with Crippen molar-refractivity contribution >= 4 is 40.9 Å². The second-order valence-corrected chi connectivity index (χ2v) is 6.53. The zero-order valence-electron chi connectivity index (χ0n) is 15.6. The van der Waals surface area contributed by atoms with Gasteiger partial charge in [-0.15, -0.1) is 0 Å². The maximum Gasteiger partial charge on any atom is 0.266 e. The average molecular weight is 419 g/mol. The fourth-order valence-corrected chi connectivity index (χ4v) is 2.80. The van der Waals surface area contributed by atoms with Crippen molar-refractivity contribution in [2.45, 2.75) is 20.3 Å². The van der Waals surface area contributed by atoms with Crippen LogP contribution in [0.1, 0.15) is 25.8 Å². The molecule has 7 heteroatoms. The van der Waals surface area contributed by atoms with Gasteiger partial charge in [-0.25, -0.2) is 0 Å². The highest BCUT2D eigenvalue weighted by Crippen LogP contribution is 2.37. The van der Waals surface area contributed by atoms with E-state index in [1.807, 2.05) is 19.9 Å². The van der Waals surface area contributed by atoms with Crippen LogP contribution in [0.15, 0.2) is 42.0 Å². The summed E-state index contributed by atoms with van der Waals surface area (Å²) in [5.41, 5.74) is 0.871. The van der Waals surface area contributed by atoms with Crippen LogP contribution in [0.4, 0.5) is 5.69 Å². The number of carbonyl (C=O) groups excluding carboxylic acids is 1. The molecule has 0 bridgehead atoms. The second-order valence-electron chi connectivity index (χ2n) is 5.72. The van der Waals surface area contributed by atoms with E-state index in [4.69, 9.17) is 32.7 Å². The number of ether oxygens (including phenoxy) is 2. The van der Waals surface area contributed by atoms with Gasteiger partial charge in [-0.1, -0.05) is 42.3 Å². The van der Waals surface area contributed by atoms with Gasteiger partial charge in [-0.2, -0.15) is 5.26 Å². The van der Waals surface area contributed by atoms with Crippen LogP contribution in [0.2, 0.25) is 10.0 Å². The van der Waals surface area contributed by atoms with Gasteiger partial charge in [0.2, 0.25) is 0 Å². The number of para-hydroxylation sites is 1. The minimum absolute atomic E-state index is 0.0966. The maximum absolute atomic E-state index is 12.5. The molecule has 2 aromatic carbocycles. The third-order valence-electron chi connectivity index (χ3n) is 3.58. The number of nitrogens with zero attached hydrogens (tertiary/aromatic N) is 1. The summed E-state index contributed by atoms with van der Waals surface area (Å²) in [6.07, 6.45) is 2.26. The first-order valence-corrected chi connectivity index (χ1v) is 9.52. The molecule has 0 aliphatic rings. The molecule has 2 aromatic rings. The summed E-state index contributed by atoms with van der Waals surface area (Å²) >= 11 is 12.4. The quantitative estimate of drug-likeness (QED) is 0.438. The molecular weight excluding hydrogens is 399 g/mol. The van der Waals surface area contributed by atoms with Gasteiger partial charge in [0.05, 0.1) is 28.9 Å². The van der Waals surface area contributed by atoms with E-state index in [1.165, 1.54) is 6.08 Å². The number of anilines is 1. The predicted octanol–water partition coefficient (Wildman–Crippen LogP) is 5.73. The SMILES string of the molecule is CCCOc1c(Cl)cc(/C=C(\C#N)C(=O)Nc2ccccc2Cl)cc1OCC. The Morgan fingerprint density at radius 1 is 1.18 bits per heavy atom. The molecule has 1 amide bonds. The summed E-state index contributed by atoms with van der Waals surface area (Å²) < 4.78 is 11.3. The molecule has 0 radical (unpaired) electrons. The first-order valence-electron chi connectivity index (χ1n) is 8.76. The Morgan fingerprint density at radius 2 is 1.93 bits per heavy atom. The summed E-state index contributed by atoms with van der Waals surface area (Å²) in [5, 5.41) is 12.8. The number of halogens is 2. The van der Waals surface area contributed by atoms with Gasteiger partial charge in [0.15, 0.2) is 11.5 Å². The van der Waals surface area contributed by atoms with Crippen LogP contribution in [-0.4, -0.2) is 19.1 Å². The monoisotopic (exact) mass is 418 g/mol. The zero-order chi connectivity index (χ0) is 20.5. The standard InChI is InChI=1S/C21H20Cl2N2O3/c1-3-9-28-20-17(23)11-14(12-19(20)27-4-2)10-15(13-24)21(26)25-18-8-6-5-7-16(18)22/h5-8,10-12H,3-4,9H2,1-2H3,(H,25,26)/b15-10+. The van der Waals surface area contributed by atoms with E-state index >= 15 is 0 Å². The topological polar surface area (TPSA) is 71.3 Å². The maximum atomic E-state index is 12.5. The molecule has 0 aliphatic heterocycles. The van der Waals surface area contributed by atoms with Crippen LogP contribution in [0, 0.1) is 11.3 Å². The smallest absolute Gasteiger partial charge is 0.266 e. The lowest BCUT2D eigenvalue weighted by Crippen LogP contribution is -2.13. The van der Waals surface area contributed by atoms with Crippen LogP contribution < -0.4 is 14.8 Å². The average Bonchev–Trinajstić information content (AvgIpc) is 2.67. The molecule has 2 rings (SSSR count). The van der Waals surface area contributed by atoms with E-state index in [9.17, 15) is 10.1 Å². The minimum atomic E-state index is -0.573. The molecule has 0 spiro atoms. The van der Waals surface area contributed by atoms with Crippen LogP contribution >= 0.6 is 23.2 Å². The van der Waals surface area contributed by atoms with Gasteiger partial charge < -0.3 is 14.8 Å². The fourth-order valence-electron chi connectivity index (χ4n) is 2.35. The lowest BCUT2D eigenvalue weighted by Gasteiger charge is -2.14. The van der Waals surface area contributed by atoms with Gasteiger partial charge >= 0.3 is 0 Å². The van der Waals surface area contributed by atoms with Gasteiger partial charge in [-0.3, -0.25) is 4.79 Å². The number of amides is 1. The van der Waals surface area contributed by atoms with Crippen LogP contribution in [0.5, 0.6) is 11.5 Å². The van der Waals surface area contributed by atoms with Gasteiger partial charge in [0, 0.05) is 0 Å². The third kappa shape index (κ3) is 5.66. The Bertz CT molecular complexity index is 920. The van der Waals surface area contributed by atoms with Crippen LogP contribution in [0.3, 0.4) is 0 Å². The highest BCUT2D eigenvalue weighted by Gasteiger charge is 2.15. The molecule has 146 valence electrons. The number of rotatable bonds is 8. The van der Waals surface area contributed by atoms with Gasteiger partial charge in [0.1, 0.15) is 11.6 Å². The molecular formula is C21H20Cl2N2O3. The number of nitrogens with one attached hydrogen (secondary N) is 1. The second kappa shape index (κ2) is 10.6. The fraction of sp³-hybridized carbons (Fsp3) is 0.238. The van der Waals surface area contributed by atoms with Crippen molar-refractivity contribution in [1.82, 2.24) is 0 Å². The van der Waals surface area contributed by atoms with Crippen molar-refractivity contribution in [3.8, 4) is 17.6 Å². The highest BCUT2D eigenvalue weighted by atomic mass is 35.5. The highest BCUT2D eigenvalue weighted by molar-refractivity contribution is 6.34. The molecule has 0 fully saturated rings. The van der Waals surface area contributed by atoms with Crippen molar-refractivity contribution in [3.05, 3.63) is 57.6 Å². The first kappa shape index (κ1) is 21.6. The van der Waals surface area contributed by atoms with Gasteiger partial charge in [0.25, 0.3) is 5.91 Å². The molecule has 0 aliphatic carbocycles. The number of carbonyl (C=O) groups is 1. The molecule has 28 heavy (non-hydrogen) atoms. The summed E-state index contributed by atoms with van der Waals surface area (Å²) in [7, 11) is 0. The van der Waals surface area contributed by atoms with E-state index in [0.717, 1.165) is 6.42 Å². The van der Waals surface area contributed by atoms with Crippen molar-refractivity contribution < 1.29 is 14.3 Å². The van der Waals surface area contributed by atoms with Crippen molar-refractivity contribution in [1.29, 1.82) is 5.26 Å². The zero-order valence-corrected chi connectivity index (χ0v) is 17.1. The normalized spacial score (nSPS) is 10.9. The van der Waals surface area contributed by atoms with Crippen molar-refractivity contribution in [2.24, 2.45) is 0 Å². The van der Waals surface area contributed by atoms with Crippen molar-refractivity contribution in [3.63, 3.8) is 0 Å². The van der Waals surface area contributed by atoms with E-state index in [0.29, 0.717) is 46.0 Å². The Kier molecular flexibility index (Phi) is 8.19. The first-order chi connectivity index (χ1) is 13.5. The Balaban J connectivity index is 2.33. The largest absolute Gasteiger partial charge is 0.490 e. The van der Waals surface area contributed by atoms with E-state index < -0.39 is 5.91 Å². The molecule has 0 saturated heterocycles. The molecule has 0 saturated carbocycles. The third-order valence-corrected chi connectivity index (χ3v) is 4.19. The molecule has 5 nitrogen and oxygen atoms in total. The summed E-state index contributed by atoms with van der Waals surface area (Å²) in [6.45, 7) is 4.75.